The van der Waals surface area contributed by atoms with Crippen LogP contribution in [0.2, 0.25) is 0 Å². The fourth-order valence-electron chi connectivity index (χ4n) is 4.17. The van der Waals surface area contributed by atoms with E-state index in [0.717, 1.165) is 54.1 Å². The van der Waals surface area contributed by atoms with Gasteiger partial charge in [0.25, 0.3) is 0 Å². The number of likely N-dealkylation sites (tertiary alicyclic amines) is 2. The largest absolute Gasteiger partial charge is 0.343 e. The maximum Gasteiger partial charge on any atom is 0.225 e. The minimum absolute atomic E-state index is 0.0387. The van der Waals surface area contributed by atoms with Gasteiger partial charge in [0, 0.05) is 60.3 Å². The molecule has 2 aliphatic heterocycles. The third-order valence-electron chi connectivity index (χ3n) is 5.77. The second-order valence-electron chi connectivity index (χ2n) is 7.79. The number of thiophene rings is 1. The predicted octanol–water partition coefficient (Wildman–Crippen LogP) is 3.58. The molecule has 0 bridgehead atoms. The van der Waals surface area contributed by atoms with E-state index < -0.39 is 0 Å². The number of nitrogens with zero attached hydrogens (tertiary/aromatic N) is 2. The van der Waals surface area contributed by atoms with Crippen LogP contribution in [-0.4, -0.2) is 53.6 Å². The Labute approximate surface area is 165 Å². The first-order valence-corrected chi connectivity index (χ1v) is 10.9. The number of piperidine rings is 2. The molecular weight excluding hydrogens is 360 g/mol. The normalized spacial score (nSPS) is 18.6. The van der Waals surface area contributed by atoms with Crippen LogP contribution < -0.4 is 0 Å². The van der Waals surface area contributed by atoms with E-state index in [9.17, 15) is 14.4 Å². The van der Waals surface area contributed by atoms with Gasteiger partial charge in [-0.25, -0.2) is 0 Å². The van der Waals surface area contributed by atoms with Gasteiger partial charge in [-0.2, -0.15) is 0 Å². The van der Waals surface area contributed by atoms with Crippen molar-refractivity contribution >= 4 is 28.9 Å². The summed E-state index contributed by atoms with van der Waals surface area (Å²) in [5.74, 6) is 0.433. The molecule has 6 heteroatoms. The molecule has 0 atom stereocenters. The average molecular weight is 391 g/mol. The summed E-state index contributed by atoms with van der Waals surface area (Å²) in [6.07, 6.45) is 5.47. The van der Waals surface area contributed by atoms with Gasteiger partial charge in [-0.1, -0.05) is 0 Å². The number of Topliss-reactive ketones (excluding diaryl/α,β-unsaturated/α-hetero) is 1. The van der Waals surface area contributed by atoms with Gasteiger partial charge < -0.3 is 9.80 Å². The minimum Gasteiger partial charge on any atom is -0.343 e. The number of rotatable bonds is 5. The standard InChI is InChI=1S/C21H30N2O3S/c1-15-14-18(16(2)27-15)19(24)6-7-20(25)22-12-8-17(9-13-22)21(26)23-10-4-3-5-11-23/h14,17H,3-13H2,1-2H3. The van der Waals surface area contributed by atoms with E-state index in [1.807, 2.05) is 29.7 Å². The zero-order valence-corrected chi connectivity index (χ0v) is 17.3. The molecule has 2 aliphatic rings. The van der Waals surface area contributed by atoms with Gasteiger partial charge in [0.2, 0.25) is 11.8 Å². The number of aryl methyl sites for hydroxylation is 2. The molecular formula is C21H30N2O3S. The summed E-state index contributed by atoms with van der Waals surface area (Å²) in [7, 11) is 0. The van der Waals surface area contributed by atoms with Crippen LogP contribution in [0.25, 0.3) is 0 Å². The molecule has 0 radical (unpaired) electrons. The fraction of sp³-hybridized carbons (Fsp3) is 0.667. The molecule has 27 heavy (non-hydrogen) atoms. The molecule has 1 aromatic heterocycles. The van der Waals surface area contributed by atoms with Crippen molar-refractivity contribution in [1.29, 1.82) is 0 Å². The van der Waals surface area contributed by atoms with Crippen LogP contribution in [0.3, 0.4) is 0 Å². The van der Waals surface area contributed by atoms with Crippen LogP contribution in [0.1, 0.15) is 65.1 Å². The average Bonchev–Trinajstić information content (AvgIpc) is 3.04. The number of carbonyl (C=O) groups excluding carboxylic acids is 3. The lowest BCUT2D eigenvalue weighted by Gasteiger charge is -2.35. The molecule has 3 rings (SSSR count). The molecule has 2 amide bonds. The molecule has 0 N–H and O–H groups in total. The van der Waals surface area contributed by atoms with Crippen molar-refractivity contribution < 1.29 is 14.4 Å². The van der Waals surface area contributed by atoms with E-state index in [-0.39, 0.29) is 36.4 Å². The monoisotopic (exact) mass is 390 g/mol. The molecule has 0 saturated carbocycles. The highest BCUT2D eigenvalue weighted by Crippen LogP contribution is 2.24. The van der Waals surface area contributed by atoms with E-state index in [0.29, 0.717) is 13.1 Å². The highest BCUT2D eigenvalue weighted by atomic mass is 32.1. The lowest BCUT2D eigenvalue weighted by Crippen LogP contribution is -2.45. The maximum atomic E-state index is 12.6. The van der Waals surface area contributed by atoms with E-state index in [1.54, 1.807) is 11.3 Å². The van der Waals surface area contributed by atoms with Gasteiger partial charge in [-0.05, 0) is 52.0 Å². The second kappa shape index (κ2) is 9.00. The van der Waals surface area contributed by atoms with Crippen LogP contribution in [0.15, 0.2) is 6.07 Å². The van der Waals surface area contributed by atoms with Gasteiger partial charge in [-0.3, -0.25) is 14.4 Å². The SMILES string of the molecule is Cc1cc(C(=O)CCC(=O)N2CCC(C(=O)N3CCCCC3)CC2)c(C)s1. The Morgan fingerprint density at radius 3 is 2.22 bits per heavy atom. The van der Waals surface area contributed by atoms with Crippen LogP contribution in [0, 0.1) is 19.8 Å². The van der Waals surface area contributed by atoms with E-state index in [4.69, 9.17) is 0 Å². The van der Waals surface area contributed by atoms with Crippen molar-refractivity contribution in [2.75, 3.05) is 26.2 Å². The van der Waals surface area contributed by atoms with Gasteiger partial charge >= 0.3 is 0 Å². The van der Waals surface area contributed by atoms with E-state index in [2.05, 4.69) is 0 Å². The maximum absolute atomic E-state index is 12.6. The Hall–Kier alpha value is -1.69. The zero-order chi connectivity index (χ0) is 19.4. The Morgan fingerprint density at radius 2 is 1.63 bits per heavy atom. The van der Waals surface area contributed by atoms with Crippen molar-refractivity contribution in [1.82, 2.24) is 9.80 Å². The van der Waals surface area contributed by atoms with Gasteiger partial charge in [-0.15, -0.1) is 11.3 Å². The van der Waals surface area contributed by atoms with Crippen LogP contribution in [-0.2, 0) is 9.59 Å². The summed E-state index contributed by atoms with van der Waals surface area (Å²) in [6, 6.07) is 1.92. The molecule has 5 nitrogen and oxygen atoms in total. The lowest BCUT2D eigenvalue weighted by atomic mass is 9.94. The van der Waals surface area contributed by atoms with Crippen LogP contribution >= 0.6 is 11.3 Å². The summed E-state index contributed by atoms with van der Waals surface area (Å²) >= 11 is 1.62. The topological polar surface area (TPSA) is 57.7 Å². The first-order valence-electron chi connectivity index (χ1n) is 10.1. The van der Waals surface area contributed by atoms with Gasteiger partial charge in [0.1, 0.15) is 0 Å². The number of hydrogen-bond donors (Lipinski definition) is 0. The van der Waals surface area contributed by atoms with E-state index >= 15 is 0 Å². The lowest BCUT2D eigenvalue weighted by molar-refractivity contribution is -0.141. The third-order valence-corrected chi connectivity index (χ3v) is 6.74. The van der Waals surface area contributed by atoms with Crippen LogP contribution in [0.4, 0.5) is 0 Å². The molecule has 0 unspecified atom stereocenters. The fourth-order valence-corrected chi connectivity index (χ4v) is 5.11. The second-order valence-corrected chi connectivity index (χ2v) is 9.25. The predicted molar refractivity (Wildman–Crippen MR) is 107 cm³/mol. The minimum atomic E-state index is 0.0387. The number of ketones is 1. The van der Waals surface area contributed by atoms with Crippen LogP contribution in [0.5, 0.6) is 0 Å². The van der Waals surface area contributed by atoms with Crippen molar-refractivity contribution in [3.63, 3.8) is 0 Å². The highest BCUT2D eigenvalue weighted by Gasteiger charge is 2.30. The smallest absolute Gasteiger partial charge is 0.225 e. The summed E-state index contributed by atoms with van der Waals surface area (Å²) in [5.41, 5.74) is 0.760. The summed E-state index contributed by atoms with van der Waals surface area (Å²) in [4.78, 5) is 43.5. The molecule has 0 aliphatic carbocycles. The van der Waals surface area contributed by atoms with Crippen molar-refractivity contribution in [2.24, 2.45) is 5.92 Å². The van der Waals surface area contributed by atoms with Gasteiger partial charge in [0.05, 0.1) is 0 Å². The molecule has 0 spiro atoms. The van der Waals surface area contributed by atoms with Crippen molar-refractivity contribution in [3.05, 3.63) is 21.4 Å². The van der Waals surface area contributed by atoms with E-state index in [1.165, 1.54) is 6.42 Å². The Bertz CT molecular complexity index is 698. The molecule has 0 aromatic carbocycles. The highest BCUT2D eigenvalue weighted by molar-refractivity contribution is 7.12. The Balaban J connectivity index is 1.43. The Morgan fingerprint density at radius 1 is 0.963 bits per heavy atom. The summed E-state index contributed by atoms with van der Waals surface area (Å²) in [6.45, 7) is 7.00. The number of hydrogen-bond acceptors (Lipinski definition) is 4. The first-order chi connectivity index (χ1) is 13.0. The molecule has 3 heterocycles. The zero-order valence-electron chi connectivity index (χ0n) is 16.5. The molecule has 148 valence electrons. The number of carbonyl (C=O) groups is 3. The Kier molecular flexibility index (Phi) is 6.68. The van der Waals surface area contributed by atoms with Crippen molar-refractivity contribution in [3.8, 4) is 0 Å². The summed E-state index contributed by atoms with van der Waals surface area (Å²) < 4.78 is 0. The van der Waals surface area contributed by atoms with Gasteiger partial charge in [0.15, 0.2) is 5.78 Å². The molecule has 1 aromatic rings. The molecule has 2 saturated heterocycles. The quantitative estimate of drug-likeness (QED) is 0.722. The van der Waals surface area contributed by atoms with Crippen molar-refractivity contribution in [2.45, 2.75) is 58.8 Å². The molecule has 2 fully saturated rings. The number of amides is 2. The third kappa shape index (κ3) is 4.98. The first kappa shape index (κ1) is 20.1. The summed E-state index contributed by atoms with van der Waals surface area (Å²) in [5, 5.41) is 0.